The van der Waals surface area contributed by atoms with Crippen molar-refractivity contribution in [3.05, 3.63) is 30.1 Å². The molecule has 1 aromatic rings. The molecule has 0 spiro atoms. The summed E-state index contributed by atoms with van der Waals surface area (Å²) in [6.45, 7) is 1.61. The zero-order valence-corrected chi connectivity index (χ0v) is 12.8. The van der Waals surface area contributed by atoms with Crippen molar-refractivity contribution in [3.8, 4) is 0 Å². The highest BCUT2D eigenvalue weighted by Gasteiger charge is 2.46. The van der Waals surface area contributed by atoms with Gasteiger partial charge in [0.25, 0.3) is 0 Å². The second-order valence-electron chi connectivity index (χ2n) is 5.27. The summed E-state index contributed by atoms with van der Waals surface area (Å²) in [5.74, 6) is -0.745. The summed E-state index contributed by atoms with van der Waals surface area (Å²) >= 11 is 0. The third kappa shape index (κ3) is 2.72. The molecule has 0 aromatic heterocycles. The van der Waals surface area contributed by atoms with Crippen molar-refractivity contribution >= 4 is 19.9 Å². The maximum absolute atomic E-state index is 12.9. The second kappa shape index (κ2) is 4.78. The van der Waals surface area contributed by atoms with Gasteiger partial charge >= 0.3 is 0 Å². The minimum atomic E-state index is -3.85. The molecular formula is C12H16FNO4S2. The number of sulfone groups is 1. The molecule has 1 atom stereocenters. The molecule has 5 nitrogen and oxygen atoms in total. The Hall–Kier alpha value is -0.990. The highest BCUT2D eigenvalue weighted by molar-refractivity contribution is 7.92. The monoisotopic (exact) mass is 321 g/mol. The lowest BCUT2D eigenvalue weighted by Gasteiger charge is -2.33. The van der Waals surface area contributed by atoms with Crippen molar-refractivity contribution in [1.29, 1.82) is 0 Å². The molecule has 8 heteroatoms. The molecule has 0 radical (unpaired) electrons. The smallest absolute Gasteiger partial charge is 0.229 e. The van der Waals surface area contributed by atoms with E-state index in [1.807, 2.05) is 0 Å². The first-order valence-electron chi connectivity index (χ1n) is 6.02. The van der Waals surface area contributed by atoms with Crippen molar-refractivity contribution in [2.75, 3.05) is 18.6 Å². The standard InChI is InChI=1S/C12H16FNO4S2/c1-12(7-8-19(15,16)9-12)14(2)20(17,18)11-5-3-10(13)4-6-11/h3-6H,7-9H2,1-2H3/t12-/m0/s1. The van der Waals surface area contributed by atoms with Gasteiger partial charge in [-0.15, -0.1) is 0 Å². The molecule has 2 rings (SSSR count). The fourth-order valence-corrected chi connectivity index (χ4v) is 6.09. The highest BCUT2D eigenvalue weighted by Crippen LogP contribution is 2.32. The van der Waals surface area contributed by atoms with Crippen LogP contribution in [0.4, 0.5) is 4.39 Å². The Morgan fingerprint density at radius 3 is 2.25 bits per heavy atom. The largest absolute Gasteiger partial charge is 0.243 e. The number of sulfonamides is 1. The van der Waals surface area contributed by atoms with Gasteiger partial charge < -0.3 is 0 Å². The third-order valence-electron chi connectivity index (χ3n) is 3.71. The average Bonchev–Trinajstić information content (AvgIpc) is 2.64. The van der Waals surface area contributed by atoms with Gasteiger partial charge in [0, 0.05) is 12.6 Å². The van der Waals surface area contributed by atoms with Gasteiger partial charge in [0.1, 0.15) is 5.82 Å². The Kier molecular flexibility index (Phi) is 3.68. The van der Waals surface area contributed by atoms with E-state index in [0.29, 0.717) is 0 Å². The van der Waals surface area contributed by atoms with Gasteiger partial charge in [-0.05, 0) is 37.6 Å². The quantitative estimate of drug-likeness (QED) is 0.833. The minimum absolute atomic E-state index is 0.0211. The topological polar surface area (TPSA) is 71.5 Å². The van der Waals surface area contributed by atoms with E-state index in [0.717, 1.165) is 16.4 Å². The summed E-state index contributed by atoms with van der Waals surface area (Å²) in [5.41, 5.74) is -0.966. The van der Waals surface area contributed by atoms with Crippen molar-refractivity contribution in [2.24, 2.45) is 0 Å². The van der Waals surface area contributed by atoms with E-state index in [1.54, 1.807) is 6.92 Å². The lowest BCUT2D eigenvalue weighted by atomic mass is 10.0. The van der Waals surface area contributed by atoms with E-state index in [9.17, 15) is 21.2 Å². The average molecular weight is 321 g/mol. The van der Waals surface area contributed by atoms with Crippen LogP contribution in [0.3, 0.4) is 0 Å². The molecular weight excluding hydrogens is 305 g/mol. The van der Waals surface area contributed by atoms with Gasteiger partial charge in [-0.2, -0.15) is 4.31 Å². The first kappa shape index (κ1) is 15.4. The Balaban J connectivity index is 2.37. The van der Waals surface area contributed by atoms with Gasteiger partial charge in [0.15, 0.2) is 9.84 Å². The molecule has 0 saturated carbocycles. The maximum atomic E-state index is 12.9. The van der Waals surface area contributed by atoms with Crippen LogP contribution in [0.2, 0.25) is 0 Å². The van der Waals surface area contributed by atoms with Crippen LogP contribution >= 0.6 is 0 Å². The molecule has 20 heavy (non-hydrogen) atoms. The second-order valence-corrected chi connectivity index (χ2v) is 9.42. The number of benzene rings is 1. The summed E-state index contributed by atoms with van der Waals surface area (Å²) in [6.07, 6.45) is 0.256. The van der Waals surface area contributed by atoms with Crippen LogP contribution in [0.25, 0.3) is 0 Å². The van der Waals surface area contributed by atoms with E-state index >= 15 is 0 Å². The molecule has 0 bridgehead atoms. The number of hydrogen-bond acceptors (Lipinski definition) is 4. The van der Waals surface area contributed by atoms with Crippen LogP contribution in [0.1, 0.15) is 13.3 Å². The van der Waals surface area contributed by atoms with Gasteiger partial charge in [-0.25, -0.2) is 21.2 Å². The van der Waals surface area contributed by atoms with Gasteiger partial charge in [0.2, 0.25) is 10.0 Å². The number of rotatable bonds is 3. The van der Waals surface area contributed by atoms with Crippen LogP contribution in [0.5, 0.6) is 0 Å². The summed E-state index contributed by atoms with van der Waals surface area (Å²) in [5, 5.41) is 0. The zero-order chi connectivity index (χ0) is 15.2. The molecule has 0 N–H and O–H groups in total. The lowest BCUT2D eigenvalue weighted by molar-refractivity contribution is 0.272. The Bertz CT molecular complexity index is 712. The lowest BCUT2D eigenvalue weighted by Crippen LogP contribution is -2.48. The van der Waals surface area contributed by atoms with E-state index in [2.05, 4.69) is 0 Å². The van der Waals surface area contributed by atoms with E-state index in [4.69, 9.17) is 0 Å². The van der Waals surface area contributed by atoms with Crippen LogP contribution in [-0.4, -0.2) is 45.2 Å². The first-order chi connectivity index (χ1) is 9.07. The van der Waals surface area contributed by atoms with Crippen LogP contribution in [0, 0.1) is 5.82 Å². The van der Waals surface area contributed by atoms with Crippen molar-refractivity contribution in [3.63, 3.8) is 0 Å². The molecule has 0 aliphatic carbocycles. The van der Waals surface area contributed by atoms with E-state index in [1.165, 1.54) is 19.2 Å². The number of hydrogen-bond donors (Lipinski definition) is 0. The highest BCUT2D eigenvalue weighted by atomic mass is 32.2. The van der Waals surface area contributed by atoms with Crippen molar-refractivity contribution in [1.82, 2.24) is 4.31 Å². The van der Waals surface area contributed by atoms with E-state index < -0.39 is 31.2 Å². The number of nitrogens with zero attached hydrogens (tertiary/aromatic N) is 1. The Labute approximate surface area is 118 Å². The third-order valence-corrected chi connectivity index (χ3v) is 7.63. The van der Waals surface area contributed by atoms with Crippen LogP contribution in [0.15, 0.2) is 29.2 Å². The summed E-state index contributed by atoms with van der Waals surface area (Å²) < 4.78 is 62.0. The predicted molar refractivity (Wildman–Crippen MR) is 73.0 cm³/mol. The van der Waals surface area contributed by atoms with Crippen LogP contribution < -0.4 is 0 Å². The van der Waals surface area contributed by atoms with Crippen molar-refractivity contribution in [2.45, 2.75) is 23.8 Å². The molecule has 1 aromatic carbocycles. The SMILES string of the molecule is CN([C@@]1(C)CCS(=O)(=O)C1)S(=O)(=O)c1ccc(F)cc1. The molecule has 1 aliphatic heterocycles. The maximum Gasteiger partial charge on any atom is 0.243 e. The predicted octanol–water partition coefficient (Wildman–Crippen LogP) is 1.02. The summed E-state index contributed by atoms with van der Waals surface area (Å²) in [4.78, 5) is -0.0491. The van der Waals surface area contributed by atoms with E-state index in [-0.39, 0.29) is 22.8 Å². The number of halogens is 1. The molecule has 0 amide bonds. The van der Waals surface area contributed by atoms with Gasteiger partial charge in [-0.3, -0.25) is 0 Å². The van der Waals surface area contributed by atoms with Gasteiger partial charge in [0.05, 0.1) is 16.4 Å². The molecule has 1 aliphatic rings. The molecule has 1 heterocycles. The molecule has 1 fully saturated rings. The fraction of sp³-hybridized carbons (Fsp3) is 0.500. The normalized spacial score (nSPS) is 26.0. The summed E-state index contributed by atoms with van der Waals surface area (Å²) in [6, 6.07) is 4.48. The Morgan fingerprint density at radius 2 is 1.80 bits per heavy atom. The molecule has 0 unspecified atom stereocenters. The first-order valence-corrected chi connectivity index (χ1v) is 9.28. The zero-order valence-electron chi connectivity index (χ0n) is 11.2. The summed E-state index contributed by atoms with van der Waals surface area (Å²) in [7, 11) is -5.70. The molecule has 112 valence electrons. The minimum Gasteiger partial charge on any atom is -0.229 e. The fourth-order valence-electron chi connectivity index (χ4n) is 2.30. The van der Waals surface area contributed by atoms with Gasteiger partial charge in [-0.1, -0.05) is 0 Å². The van der Waals surface area contributed by atoms with Crippen LogP contribution in [-0.2, 0) is 19.9 Å². The molecule has 1 saturated heterocycles. The van der Waals surface area contributed by atoms with Crippen molar-refractivity contribution < 1.29 is 21.2 Å². The Morgan fingerprint density at radius 1 is 1.25 bits per heavy atom.